The monoisotopic (exact) mass is 403 g/mol. The van der Waals surface area contributed by atoms with Crippen LogP contribution in [-0.2, 0) is 4.79 Å². The minimum Gasteiger partial charge on any atom is -0.497 e. The second-order valence-corrected chi connectivity index (χ2v) is 14.1. The van der Waals surface area contributed by atoms with Crippen LogP contribution in [0.2, 0.25) is 24.2 Å². The Morgan fingerprint density at radius 2 is 1.68 bits per heavy atom. The molecule has 1 aliphatic rings. The highest BCUT2D eigenvalue weighted by Gasteiger charge is 2.49. The molecule has 2 atom stereocenters. The van der Waals surface area contributed by atoms with Crippen LogP contribution in [0.1, 0.15) is 55.8 Å². The van der Waals surface area contributed by atoms with E-state index in [2.05, 4.69) is 13.1 Å². The number of methoxy groups -OCH3 is 1. The molecule has 4 nitrogen and oxygen atoms in total. The highest BCUT2D eigenvalue weighted by Crippen LogP contribution is 2.47. The van der Waals surface area contributed by atoms with Gasteiger partial charge in [-0.3, -0.25) is 9.59 Å². The largest absolute Gasteiger partial charge is 0.497 e. The Balaban J connectivity index is 2.40. The van der Waals surface area contributed by atoms with Crippen LogP contribution in [0.5, 0.6) is 5.75 Å². The molecule has 2 rings (SSSR count). The van der Waals surface area contributed by atoms with Crippen molar-refractivity contribution in [2.24, 2.45) is 5.92 Å². The van der Waals surface area contributed by atoms with Gasteiger partial charge < -0.3 is 9.64 Å². The number of amides is 1. The lowest BCUT2D eigenvalue weighted by molar-refractivity contribution is -0.129. The van der Waals surface area contributed by atoms with E-state index < -0.39 is 8.07 Å². The summed E-state index contributed by atoms with van der Waals surface area (Å²) in [6.45, 7) is 6.74. The van der Waals surface area contributed by atoms with Crippen molar-refractivity contribution in [3.63, 3.8) is 0 Å². The molecule has 1 aromatic carbocycles. The summed E-state index contributed by atoms with van der Waals surface area (Å²) in [5.41, 5.74) is 1.12. The average Bonchev–Trinajstić information content (AvgIpc) is 2.71. The molecule has 0 saturated heterocycles. The fourth-order valence-electron chi connectivity index (χ4n) is 4.93. The van der Waals surface area contributed by atoms with Gasteiger partial charge >= 0.3 is 0 Å². The van der Waals surface area contributed by atoms with Gasteiger partial charge in [0.05, 0.1) is 15.2 Å². The molecule has 0 aromatic heterocycles. The number of benzene rings is 1. The first-order valence-electron chi connectivity index (χ1n) is 10.6. The molecule has 5 heteroatoms. The Morgan fingerprint density at radius 1 is 1.11 bits per heavy atom. The van der Waals surface area contributed by atoms with Gasteiger partial charge in [0.25, 0.3) is 0 Å². The molecule has 1 fully saturated rings. The van der Waals surface area contributed by atoms with Crippen LogP contribution in [0.25, 0.3) is 0 Å². The number of ether oxygens (including phenoxy) is 1. The first-order valence-corrected chi connectivity index (χ1v) is 13.8. The lowest BCUT2D eigenvalue weighted by atomic mass is 9.91. The SMILES string of the molecule is CC[C@H](C(=O)c1ccc(OC)cc1)[C@H](C(=O)N(C)C)[Si](C)(C)C1CCCCC1. The van der Waals surface area contributed by atoms with E-state index in [4.69, 9.17) is 4.74 Å². The van der Waals surface area contributed by atoms with Gasteiger partial charge in [-0.1, -0.05) is 52.1 Å². The van der Waals surface area contributed by atoms with Gasteiger partial charge in [0.2, 0.25) is 5.91 Å². The minimum atomic E-state index is -1.99. The van der Waals surface area contributed by atoms with E-state index in [9.17, 15) is 9.59 Å². The zero-order valence-corrected chi connectivity index (χ0v) is 19.5. The number of hydrogen-bond acceptors (Lipinski definition) is 3. The summed E-state index contributed by atoms with van der Waals surface area (Å²) >= 11 is 0. The highest BCUT2D eigenvalue weighted by atomic mass is 28.3. The maximum absolute atomic E-state index is 13.5. The Kier molecular flexibility index (Phi) is 7.87. The fraction of sp³-hybridized carbons (Fsp3) is 0.652. The zero-order chi connectivity index (χ0) is 20.9. The maximum atomic E-state index is 13.5. The smallest absolute Gasteiger partial charge is 0.223 e. The van der Waals surface area contributed by atoms with Crippen molar-refractivity contribution in [1.82, 2.24) is 4.90 Å². The molecule has 1 aromatic rings. The van der Waals surface area contributed by atoms with Gasteiger partial charge in [-0.2, -0.15) is 0 Å². The van der Waals surface area contributed by atoms with Crippen LogP contribution in [0.3, 0.4) is 0 Å². The van der Waals surface area contributed by atoms with E-state index in [0.717, 1.165) is 5.75 Å². The van der Waals surface area contributed by atoms with Crippen LogP contribution in [0.15, 0.2) is 24.3 Å². The molecule has 0 aliphatic heterocycles. The van der Waals surface area contributed by atoms with Crippen molar-refractivity contribution in [2.75, 3.05) is 21.2 Å². The molecule has 156 valence electrons. The van der Waals surface area contributed by atoms with E-state index >= 15 is 0 Å². The maximum Gasteiger partial charge on any atom is 0.223 e. The summed E-state index contributed by atoms with van der Waals surface area (Å²) in [5.74, 6) is 0.715. The van der Waals surface area contributed by atoms with Crippen molar-refractivity contribution in [1.29, 1.82) is 0 Å². The molecule has 28 heavy (non-hydrogen) atoms. The van der Waals surface area contributed by atoms with Crippen molar-refractivity contribution >= 4 is 19.8 Å². The summed E-state index contributed by atoms with van der Waals surface area (Å²) in [6, 6.07) is 7.31. The molecule has 0 spiro atoms. The van der Waals surface area contributed by atoms with Gasteiger partial charge in [0, 0.05) is 31.1 Å². The fourth-order valence-corrected chi connectivity index (χ4v) is 9.65. The van der Waals surface area contributed by atoms with Gasteiger partial charge in [-0.05, 0) is 36.2 Å². The second kappa shape index (κ2) is 9.73. The molecule has 0 heterocycles. The van der Waals surface area contributed by atoms with E-state index in [1.54, 1.807) is 12.0 Å². The third-order valence-corrected chi connectivity index (χ3v) is 11.7. The molecule has 0 unspecified atom stereocenters. The standard InChI is InChI=1S/C23H37NO3Si/c1-7-20(21(25)17-13-15-18(27-4)16-14-17)22(23(26)24(2)3)28(5,6)19-11-9-8-10-12-19/h13-16,19-20,22H,7-12H2,1-6H3/t20-,22-/m1/s1. The van der Waals surface area contributed by atoms with Gasteiger partial charge in [-0.25, -0.2) is 0 Å². The third-order valence-electron chi connectivity index (χ3n) is 6.72. The molecule has 1 saturated carbocycles. The van der Waals surface area contributed by atoms with Crippen LogP contribution >= 0.6 is 0 Å². The topological polar surface area (TPSA) is 46.6 Å². The number of Topliss-reactive ketones (excluding diaryl/α,β-unsaturated/α-hetero) is 1. The van der Waals surface area contributed by atoms with Crippen molar-refractivity contribution in [2.45, 2.75) is 69.6 Å². The third kappa shape index (κ3) is 4.86. The number of hydrogen-bond donors (Lipinski definition) is 0. The Bertz CT molecular complexity index is 663. The van der Waals surface area contributed by atoms with Crippen molar-refractivity contribution in [3.8, 4) is 5.75 Å². The normalized spacial score (nSPS) is 17.6. The number of rotatable bonds is 8. The second-order valence-electron chi connectivity index (χ2n) is 8.97. The number of carbonyl (C=O) groups excluding carboxylic acids is 2. The summed E-state index contributed by atoms with van der Waals surface area (Å²) in [4.78, 5) is 28.5. The van der Waals surface area contributed by atoms with Gasteiger partial charge in [-0.15, -0.1) is 0 Å². The highest BCUT2D eigenvalue weighted by molar-refractivity contribution is 6.83. The number of nitrogens with zero attached hydrogens (tertiary/aromatic N) is 1. The molecule has 1 amide bonds. The lowest BCUT2D eigenvalue weighted by Gasteiger charge is -2.44. The Morgan fingerprint density at radius 3 is 2.14 bits per heavy atom. The summed E-state index contributed by atoms with van der Waals surface area (Å²) in [7, 11) is 3.28. The van der Waals surface area contributed by atoms with Crippen molar-refractivity contribution < 1.29 is 14.3 Å². The predicted octanol–water partition coefficient (Wildman–Crippen LogP) is 5.41. The van der Waals surface area contributed by atoms with E-state index in [1.807, 2.05) is 45.3 Å². The molecule has 0 radical (unpaired) electrons. The lowest BCUT2D eigenvalue weighted by Crippen LogP contribution is -2.50. The van der Waals surface area contributed by atoms with Crippen LogP contribution in [0, 0.1) is 5.92 Å². The Labute approximate surface area is 171 Å². The average molecular weight is 404 g/mol. The summed E-state index contributed by atoms with van der Waals surface area (Å²) in [5, 5.41) is 0. The molecular formula is C23H37NO3Si. The van der Waals surface area contributed by atoms with E-state index in [0.29, 0.717) is 17.5 Å². The summed E-state index contributed by atoms with van der Waals surface area (Å²) < 4.78 is 5.22. The molecule has 0 N–H and O–H groups in total. The first-order chi connectivity index (χ1) is 13.2. The van der Waals surface area contributed by atoms with Crippen LogP contribution < -0.4 is 4.74 Å². The van der Waals surface area contributed by atoms with E-state index in [1.165, 1.54) is 32.1 Å². The van der Waals surface area contributed by atoms with Gasteiger partial charge in [0.1, 0.15) is 5.75 Å². The molecule has 0 bridgehead atoms. The minimum absolute atomic E-state index is 0.0988. The van der Waals surface area contributed by atoms with Crippen molar-refractivity contribution in [3.05, 3.63) is 29.8 Å². The van der Waals surface area contributed by atoms with Crippen LogP contribution in [-0.4, -0.2) is 45.9 Å². The van der Waals surface area contributed by atoms with E-state index in [-0.39, 0.29) is 23.1 Å². The Hall–Kier alpha value is -1.62. The number of carbonyl (C=O) groups is 2. The molecular weight excluding hydrogens is 366 g/mol. The predicted molar refractivity (Wildman–Crippen MR) is 118 cm³/mol. The summed E-state index contributed by atoms with van der Waals surface area (Å²) in [6.07, 6.45) is 6.93. The van der Waals surface area contributed by atoms with Crippen LogP contribution in [0.4, 0.5) is 0 Å². The number of ketones is 1. The quantitative estimate of drug-likeness (QED) is 0.431. The van der Waals surface area contributed by atoms with Gasteiger partial charge in [0.15, 0.2) is 5.78 Å². The zero-order valence-electron chi connectivity index (χ0n) is 18.5. The first kappa shape index (κ1) is 22.7. The molecule has 1 aliphatic carbocycles.